The number of para-hydroxylation sites is 1. The van der Waals surface area contributed by atoms with E-state index in [-0.39, 0.29) is 17.5 Å². The Hall–Kier alpha value is -3.89. The Bertz CT molecular complexity index is 1390. The Balaban J connectivity index is 1.22. The van der Waals surface area contributed by atoms with E-state index in [1.807, 2.05) is 12.1 Å². The zero-order valence-corrected chi connectivity index (χ0v) is 22.5. The number of benzene rings is 2. The van der Waals surface area contributed by atoms with Crippen LogP contribution in [0.2, 0.25) is 0 Å². The van der Waals surface area contributed by atoms with E-state index in [2.05, 4.69) is 50.5 Å². The summed E-state index contributed by atoms with van der Waals surface area (Å²) in [5.41, 5.74) is 4.33. The number of carbonyl (C=O) groups is 2. The molecule has 2 aromatic carbocycles. The fourth-order valence-corrected chi connectivity index (χ4v) is 5.62. The summed E-state index contributed by atoms with van der Waals surface area (Å²) in [5.74, 6) is 0.102. The van der Waals surface area contributed by atoms with Crippen LogP contribution in [0.1, 0.15) is 63.9 Å². The van der Waals surface area contributed by atoms with Gasteiger partial charge in [0.1, 0.15) is 12.4 Å². The summed E-state index contributed by atoms with van der Waals surface area (Å²) in [6.07, 6.45) is 2.50. The van der Waals surface area contributed by atoms with Crippen LogP contribution in [0.5, 0.6) is 0 Å². The molecule has 6 rings (SSSR count). The number of aliphatic hydroxyl groups is 2. The lowest BCUT2D eigenvalue weighted by Crippen LogP contribution is -2.47. The molecule has 1 saturated heterocycles. The SMILES string of the molecule is Cc1ccccc1N1CCN(c2ccc(C(=O)N[C@@H]3CCC(O)C3O)cc2NC(=O)c2coc(C3CC3)n2)CC1. The third kappa shape index (κ3) is 5.41. The Morgan fingerprint density at radius 1 is 0.925 bits per heavy atom. The first kappa shape index (κ1) is 26.3. The first-order valence-corrected chi connectivity index (χ1v) is 14.0. The van der Waals surface area contributed by atoms with E-state index >= 15 is 0 Å². The van der Waals surface area contributed by atoms with Crippen molar-refractivity contribution in [2.45, 2.75) is 56.8 Å². The van der Waals surface area contributed by atoms with Crippen LogP contribution in [0.25, 0.3) is 0 Å². The molecule has 2 aliphatic carbocycles. The second-order valence-electron chi connectivity index (χ2n) is 11.0. The van der Waals surface area contributed by atoms with Gasteiger partial charge < -0.3 is 35.1 Å². The van der Waals surface area contributed by atoms with Crippen LogP contribution in [-0.4, -0.2) is 71.4 Å². The highest BCUT2D eigenvalue weighted by atomic mass is 16.3. The summed E-state index contributed by atoms with van der Waals surface area (Å²) in [5, 5.41) is 25.8. The summed E-state index contributed by atoms with van der Waals surface area (Å²) in [7, 11) is 0. The number of nitrogens with zero attached hydrogens (tertiary/aromatic N) is 3. The molecule has 3 fully saturated rings. The number of aliphatic hydroxyl groups excluding tert-OH is 2. The van der Waals surface area contributed by atoms with Gasteiger partial charge in [-0.3, -0.25) is 9.59 Å². The second-order valence-corrected chi connectivity index (χ2v) is 11.0. The molecule has 2 unspecified atom stereocenters. The monoisotopic (exact) mass is 545 g/mol. The Morgan fingerprint density at radius 3 is 2.33 bits per heavy atom. The normalized spacial score (nSPS) is 22.8. The van der Waals surface area contributed by atoms with Crippen molar-refractivity contribution < 1.29 is 24.2 Å². The zero-order chi connectivity index (χ0) is 27.8. The molecule has 3 aromatic rings. The molecule has 10 heteroatoms. The average molecular weight is 546 g/mol. The van der Waals surface area contributed by atoms with Gasteiger partial charge in [-0.05, 0) is 62.4 Å². The quantitative estimate of drug-likeness (QED) is 0.356. The summed E-state index contributed by atoms with van der Waals surface area (Å²) in [6, 6.07) is 13.1. The Labute approximate surface area is 233 Å². The zero-order valence-electron chi connectivity index (χ0n) is 22.5. The molecular formula is C30H35N5O5. The van der Waals surface area contributed by atoms with Crippen molar-refractivity contribution in [3.63, 3.8) is 0 Å². The van der Waals surface area contributed by atoms with Crippen LogP contribution >= 0.6 is 0 Å². The molecule has 2 amide bonds. The van der Waals surface area contributed by atoms with Gasteiger partial charge >= 0.3 is 0 Å². The van der Waals surface area contributed by atoms with Crippen molar-refractivity contribution in [1.82, 2.24) is 10.3 Å². The number of piperazine rings is 1. The summed E-state index contributed by atoms with van der Waals surface area (Å²) < 4.78 is 5.52. The van der Waals surface area contributed by atoms with Gasteiger partial charge in [0.25, 0.3) is 11.8 Å². The van der Waals surface area contributed by atoms with Crippen LogP contribution in [0.4, 0.5) is 17.1 Å². The van der Waals surface area contributed by atoms with Gasteiger partial charge in [0.05, 0.1) is 23.5 Å². The highest BCUT2D eigenvalue weighted by Gasteiger charge is 2.35. The molecule has 0 spiro atoms. The number of carbonyl (C=O) groups excluding carboxylic acids is 2. The van der Waals surface area contributed by atoms with Gasteiger partial charge in [0.2, 0.25) is 0 Å². The number of aromatic nitrogens is 1. The molecule has 10 nitrogen and oxygen atoms in total. The molecule has 40 heavy (non-hydrogen) atoms. The van der Waals surface area contributed by atoms with Crippen molar-refractivity contribution in [3.05, 3.63) is 71.4 Å². The molecule has 1 aromatic heterocycles. The van der Waals surface area contributed by atoms with Gasteiger partial charge in [0, 0.05) is 43.3 Å². The number of hydrogen-bond acceptors (Lipinski definition) is 8. The highest BCUT2D eigenvalue weighted by molar-refractivity contribution is 6.06. The Morgan fingerprint density at radius 2 is 1.65 bits per heavy atom. The number of hydrogen-bond donors (Lipinski definition) is 4. The van der Waals surface area contributed by atoms with Gasteiger partial charge in [-0.2, -0.15) is 0 Å². The molecule has 2 heterocycles. The predicted molar refractivity (Wildman–Crippen MR) is 151 cm³/mol. The highest BCUT2D eigenvalue weighted by Crippen LogP contribution is 2.39. The van der Waals surface area contributed by atoms with Gasteiger partial charge in [-0.25, -0.2) is 4.98 Å². The molecule has 3 atom stereocenters. The maximum Gasteiger partial charge on any atom is 0.277 e. The fourth-order valence-electron chi connectivity index (χ4n) is 5.62. The van der Waals surface area contributed by atoms with Crippen molar-refractivity contribution >= 4 is 28.9 Å². The number of nitrogens with one attached hydrogen (secondary N) is 2. The van der Waals surface area contributed by atoms with Crippen molar-refractivity contribution in [2.24, 2.45) is 0 Å². The Kier molecular flexibility index (Phi) is 7.20. The molecule has 0 radical (unpaired) electrons. The third-order valence-corrected chi connectivity index (χ3v) is 8.16. The van der Waals surface area contributed by atoms with Crippen molar-refractivity contribution in [2.75, 3.05) is 41.3 Å². The van der Waals surface area contributed by atoms with Crippen LogP contribution in [0.3, 0.4) is 0 Å². The number of rotatable bonds is 7. The van der Waals surface area contributed by atoms with E-state index in [1.165, 1.54) is 17.5 Å². The number of oxazole rings is 1. The maximum atomic E-state index is 13.2. The number of amides is 2. The standard InChI is InChI=1S/C30H35N5O5/c1-18-4-2-3-5-24(18)34-12-14-35(15-13-34)25-10-8-20(28(38)31-21-9-11-26(36)27(21)37)16-22(25)32-29(39)23-17-40-30(33-23)19-6-7-19/h2-5,8,10,16-17,19,21,26-27,36-37H,6-7,9,11-15H2,1H3,(H,31,38)(H,32,39)/t21-,26?,27?/m1/s1. The van der Waals surface area contributed by atoms with E-state index in [0.717, 1.165) is 44.7 Å². The fraction of sp³-hybridized carbons (Fsp3) is 0.433. The smallest absolute Gasteiger partial charge is 0.277 e. The van der Waals surface area contributed by atoms with Crippen molar-refractivity contribution in [1.29, 1.82) is 0 Å². The molecule has 3 aliphatic rings. The largest absolute Gasteiger partial charge is 0.448 e. The van der Waals surface area contributed by atoms with E-state index < -0.39 is 24.2 Å². The van der Waals surface area contributed by atoms with E-state index in [4.69, 9.17) is 4.42 Å². The first-order valence-electron chi connectivity index (χ1n) is 14.0. The lowest BCUT2D eigenvalue weighted by molar-refractivity contribution is 0.0296. The average Bonchev–Trinajstić information content (AvgIpc) is 3.61. The van der Waals surface area contributed by atoms with E-state index in [1.54, 1.807) is 12.1 Å². The van der Waals surface area contributed by atoms with Crippen LogP contribution in [0.15, 0.2) is 53.1 Å². The van der Waals surface area contributed by atoms with Crippen LogP contribution in [0, 0.1) is 6.92 Å². The molecule has 1 aliphatic heterocycles. The van der Waals surface area contributed by atoms with Gasteiger partial charge in [-0.15, -0.1) is 0 Å². The second kappa shape index (κ2) is 10.9. The van der Waals surface area contributed by atoms with Crippen LogP contribution in [-0.2, 0) is 0 Å². The summed E-state index contributed by atoms with van der Waals surface area (Å²) in [4.78, 5) is 35.2. The van der Waals surface area contributed by atoms with Crippen molar-refractivity contribution in [3.8, 4) is 0 Å². The minimum Gasteiger partial charge on any atom is -0.448 e. The minimum atomic E-state index is -1.00. The van der Waals surface area contributed by atoms with E-state index in [0.29, 0.717) is 30.0 Å². The summed E-state index contributed by atoms with van der Waals surface area (Å²) >= 11 is 0. The lowest BCUT2D eigenvalue weighted by atomic mass is 10.1. The molecule has 0 bridgehead atoms. The summed E-state index contributed by atoms with van der Waals surface area (Å²) in [6.45, 7) is 5.23. The predicted octanol–water partition coefficient (Wildman–Crippen LogP) is 3.05. The topological polar surface area (TPSA) is 131 Å². The number of anilines is 3. The van der Waals surface area contributed by atoms with Crippen LogP contribution < -0.4 is 20.4 Å². The molecule has 210 valence electrons. The number of aryl methyl sites for hydroxylation is 1. The van der Waals surface area contributed by atoms with E-state index in [9.17, 15) is 19.8 Å². The minimum absolute atomic E-state index is 0.204. The third-order valence-electron chi connectivity index (χ3n) is 8.16. The van der Waals surface area contributed by atoms with Gasteiger partial charge in [-0.1, -0.05) is 18.2 Å². The molecular weight excluding hydrogens is 510 g/mol. The molecule has 2 saturated carbocycles. The maximum absolute atomic E-state index is 13.2. The van der Waals surface area contributed by atoms with Gasteiger partial charge in [0.15, 0.2) is 11.6 Å². The molecule has 4 N–H and O–H groups in total. The first-order chi connectivity index (χ1) is 19.4. The lowest BCUT2D eigenvalue weighted by Gasteiger charge is -2.38.